The van der Waals surface area contributed by atoms with E-state index in [1.54, 1.807) is 7.11 Å². The third-order valence-corrected chi connectivity index (χ3v) is 3.17. The number of rotatable bonds is 4. The van der Waals surface area contributed by atoms with Crippen molar-refractivity contribution in [1.82, 2.24) is 4.57 Å². The number of hydrogen-bond acceptors (Lipinski definition) is 2. The third-order valence-electron chi connectivity index (χ3n) is 3.17. The molecule has 0 saturated carbocycles. The highest BCUT2D eigenvalue weighted by Crippen LogP contribution is 2.32. The van der Waals surface area contributed by atoms with E-state index in [9.17, 15) is 4.79 Å². The number of ether oxygens (including phenoxy) is 1. The highest BCUT2D eigenvalue weighted by Gasteiger charge is 2.13. The Morgan fingerprint density at radius 1 is 1.33 bits per heavy atom. The lowest BCUT2D eigenvalue weighted by Gasteiger charge is -2.09. The van der Waals surface area contributed by atoms with Crippen molar-refractivity contribution >= 4 is 16.9 Å². The minimum Gasteiger partial charge on any atom is -0.495 e. The Morgan fingerprint density at radius 2 is 2.06 bits per heavy atom. The lowest BCUT2D eigenvalue weighted by atomic mass is 10.1. The fraction of sp³-hybridized carbons (Fsp3) is 0.357. The van der Waals surface area contributed by atoms with Crippen molar-refractivity contribution in [3.8, 4) is 5.75 Å². The summed E-state index contributed by atoms with van der Waals surface area (Å²) in [4.78, 5) is 10.7. The molecule has 0 bridgehead atoms. The first-order valence-corrected chi connectivity index (χ1v) is 5.89. The standard InChI is InChI=1S/C14H17NO3/c1-9-4-5-11(18-3)14-13(9)10(2)8-15(14)7-6-12(16)17/h4-5,8H,6-7H2,1-3H3,(H,16,17). The number of methoxy groups -OCH3 is 1. The van der Waals surface area contributed by atoms with Crippen molar-refractivity contribution in [1.29, 1.82) is 0 Å². The van der Waals surface area contributed by atoms with Crippen molar-refractivity contribution in [2.45, 2.75) is 26.8 Å². The van der Waals surface area contributed by atoms with Gasteiger partial charge < -0.3 is 14.4 Å². The molecule has 0 aliphatic heterocycles. The summed E-state index contributed by atoms with van der Waals surface area (Å²) in [5, 5.41) is 9.94. The van der Waals surface area contributed by atoms with E-state index >= 15 is 0 Å². The SMILES string of the molecule is COc1ccc(C)c2c(C)cn(CCC(=O)O)c12. The number of carboxylic acid groups (broad SMARTS) is 1. The molecule has 0 saturated heterocycles. The van der Waals surface area contributed by atoms with Crippen molar-refractivity contribution in [2.75, 3.05) is 7.11 Å². The Kier molecular flexibility index (Phi) is 3.28. The van der Waals surface area contributed by atoms with Crippen molar-refractivity contribution < 1.29 is 14.6 Å². The van der Waals surface area contributed by atoms with Crippen LogP contribution in [-0.2, 0) is 11.3 Å². The second kappa shape index (κ2) is 4.72. The van der Waals surface area contributed by atoms with E-state index in [2.05, 4.69) is 6.92 Å². The molecule has 2 rings (SSSR count). The van der Waals surface area contributed by atoms with Gasteiger partial charge in [0, 0.05) is 18.1 Å². The van der Waals surface area contributed by atoms with Crippen molar-refractivity contribution in [3.05, 3.63) is 29.5 Å². The molecule has 0 aliphatic carbocycles. The smallest absolute Gasteiger partial charge is 0.305 e. The van der Waals surface area contributed by atoms with Crippen LogP contribution in [0.4, 0.5) is 0 Å². The van der Waals surface area contributed by atoms with Gasteiger partial charge in [-0.2, -0.15) is 0 Å². The summed E-state index contributed by atoms with van der Waals surface area (Å²) in [6.45, 7) is 4.54. The van der Waals surface area contributed by atoms with E-state index in [1.807, 2.05) is 29.8 Å². The quantitative estimate of drug-likeness (QED) is 0.903. The van der Waals surface area contributed by atoms with Gasteiger partial charge in [0.2, 0.25) is 0 Å². The number of hydrogen-bond donors (Lipinski definition) is 1. The minimum atomic E-state index is -0.791. The predicted octanol–water partition coefficient (Wildman–Crippen LogP) is 2.74. The van der Waals surface area contributed by atoms with Crippen LogP contribution in [0.2, 0.25) is 0 Å². The van der Waals surface area contributed by atoms with Crippen LogP contribution >= 0.6 is 0 Å². The maximum absolute atomic E-state index is 10.7. The summed E-state index contributed by atoms with van der Waals surface area (Å²) in [6.07, 6.45) is 2.10. The van der Waals surface area contributed by atoms with E-state index < -0.39 is 5.97 Å². The maximum Gasteiger partial charge on any atom is 0.305 e. The van der Waals surface area contributed by atoms with Gasteiger partial charge in [-0.05, 0) is 31.0 Å². The largest absolute Gasteiger partial charge is 0.495 e. The molecule has 1 heterocycles. The lowest BCUT2D eigenvalue weighted by Crippen LogP contribution is -2.04. The average Bonchev–Trinajstić information content (AvgIpc) is 2.66. The molecule has 96 valence electrons. The number of aromatic nitrogens is 1. The average molecular weight is 247 g/mol. The third kappa shape index (κ3) is 2.06. The molecule has 4 nitrogen and oxygen atoms in total. The second-order valence-corrected chi connectivity index (χ2v) is 4.46. The monoisotopic (exact) mass is 247 g/mol. The number of nitrogens with zero attached hydrogens (tertiary/aromatic N) is 1. The van der Waals surface area contributed by atoms with E-state index in [1.165, 1.54) is 5.56 Å². The van der Waals surface area contributed by atoms with Crippen LogP contribution < -0.4 is 4.74 Å². The van der Waals surface area contributed by atoms with Crippen molar-refractivity contribution in [3.63, 3.8) is 0 Å². The molecule has 0 atom stereocenters. The first-order chi connectivity index (χ1) is 8.54. The topological polar surface area (TPSA) is 51.5 Å². The summed E-state index contributed by atoms with van der Waals surface area (Å²) in [5.41, 5.74) is 3.31. The highest BCUT2D eigenvalue weighted by molar-refractivity contribution is 5.91. The molecule has 0 fully saturated rings. The van der Waals surface area contributed by atoms with Crippen LogP contribution in [0, 0.1) is 13.8 Å². The number of fused-ring (bicyclic) bond motifs is 1. The molecule has 0 radical (unpaired) electrons. The van der Waals surface area contributed by atoms with Gasteiger partial charge in [0.05, 0.1) is 19.0 Å². The summed E-state index contributed by atoms with van der Waals surface area (Å²) in [7, 11) is 1.63. The second-order valence-electron chi connectivity index (χ2n) is 4.46. The van der Waals surface area contributed by atoms with Crippen LogP contribution in [-0.4, -0.2) is 22.8 Å². The lowest BCUT2D eigenvalue weighted by molar-refractivity contribution is -0.137. The van der Waals surface area contributed by atoms with E-state index in [0.717, 1.165) is 22.2 Å². The first kappa shape index (κ1) is 12.5. The molecule has 18 heavy (non-hydrogen) atoms. The van der Waals surface area contributed by atoms with Gasteiger partial charge in [-0.25, -0.2) is 0 Å². The Hall–Kier alpha value is -1.97. The van der Waals surface area contributed by atoms with Gasteiger partial charge in [-0.15, -0.1) is 0 Å². The van der Waals surface area contributed by atoms with E-state index in [0.29, 0.717) is 6.54 Å². The minimum absolute atomic E-state index is 0.111. The predicted molar refractivity (Wildman–Crippen MR) is 70.2 cm³/mol. The molecule has 0 unspecified atom stereocenters. The van der Waals surface area contributed by atoms with Crippen LogP contribution in [0.25, 0.3) is 10.9 Å². The number of aliphatic carboxylic acids is 1. The van der Waals surface area contributed by atoms with Gasteiger partial charge in [-0.1, -0.05) is 6.07 Å². The van der Waals surface area contributed by atoms with Gasteiger partial charge in [0.1, 0.15) is 5.75 Å². The van der Waals surface area contributed by atoms with Gasteiger partial charge in [-0.3, -0.25) is 4.79 Å². The van der Waals surface area contributed by atoms with Gasteiger partial charge in [0.15, 0.2) is 0 Å². The summed E-state index contributed by atoms with van der Waals surface area (Å²) >= 11 is 0. The van der Waals surface area contributed by atoms with Crippen LogP contribution in [0.1, 0.15) is 17.5 Å². The number of aryl methyl sites for hydroxylation is 3. The van der Waals surface area contributed by atoms with Crippen LogP contribution in [0.5, 0.6) is 5.75 Å². The molecule has 0 aliphatic rings. The summed E-state index contributed by atoms with van der Waals surface area (Å²) in [5.74, 6) is -0.00443. The Bertz CT molecular complexity index is 599. The zero-order valence-corrected chi connectivity index (χ0v) is 10.9. The van der Waals surface area contributed by atoms with Crippen molar-refractivity contribution in [2.24, 2.45) is 0 Å². The Balaban J connectivity index is 2.60. The molecular weight excluding hydrogens is 230 g/mol. The summed E-state index contributed by atoms with van der Waals surface area (Å²) in [6, 6.07) is 3.95. The number of carboxylic acids is 1. The Labute approximate surface area is 106 Å². The van der Waals surface area contributed by atoms with E-state index in [4.69, 9.17) is 9.84 Å². The molecular formula is C14H17NO3. The van der Waals surface area contributed by atoms with Gasteiger partial charge in [0.25, 0.3) is 0 Å². The summed E-state index contributed by atoms with van der Waals surface area (Å²) < 4.78 is 7.34. The molecule has 0 spiro atoms. The van der Waals surface area contributed by atoms with Crippen LogP contribution in [0.3, 0.4) is 0 Å². The molecule has 1 aromatic heterocycles. The molecule has 1 aromatic carbocycles. The molecule has 1 N–H and O–H groups in total. The van der Waals surface area contributed by atoms with E-state index in [-0.39, 0.29) is 6.42 Å². The molecule has 4 heteroatoms. The number of carbonyl (C=O) groups is 1. The molecule has 2 aromatic rings. The van der Waals surface area contributed by atoms with Gasteiger partial charge >= 0.3 is 5.97 Å². The normalized spacial score (nSPS) is 10.8. The zero-order chi connectivity index (χ0) is 13.3. The maximum atomic E-state index is 10.7. The highest BCUT2D eigenvalue weighted by atomic mass is 16.5. The fourth-order valence-corrected chi connectivity index (χ4v) is 2.38. The Morgan fingerprint density at radius 3 is 2.67 bits per heavy atom. The molecule has 0 amide bonds. The first-order valence-electron chi connectivity index (χ1n) is 5.89. The fourth-order valence-electron chi connectivity index (χ4n) is 2.38. The number of benzene rings is 1. The van der Waals surface area contributed by atoms with Crippen LogP contribution in [0.15, 0.2) is 18.3 Å². The zero-order valence-electron chi connectivity index (χ0n) is 10.9.